The van der Waals surface area contributed by atoms with Crippen molar-refractivity contribution in [3.8, 4) is 0 Å². The SMILES string of the molecule is O=C(Nc1ccc(Cl)cc1Cl)c1cccc(NC2=C(Cl)C(=O)N(c3ccc(Cl)cc3Cl)C2=O)c1. The van der Waals surface area contributed by atoms with Crippen molar-refractivity contribution < 1.29 is 14.4 Å². The molecule has 1 aliphatic heterocycles. The summed E-state index contributed by atoms with van der Waals surface area (Å²) in [6.07, 6.45) is 0. The first-order valence-corrected chi connectivity index (χ1v) is 11.4. The zero-order valence-electron chi connectivity index (χ0n) is 16.8. The van der Waals surface area contributed by atoms with Crippen molar-refractivity contribution in [2.45, 2.75) is 0 Å². The fourth-order valence-electron chi connectivity index (χ4n) is 3.16. The molecule has 2 N–H and O–H groups in total. The average molecular weight is 556 g/mol. The molecule has 0 fully saturated rings. The number of anilines is 3. The van der Waals surface area contributed by atoms with Gasteiger partial charge in [0.2, 0.25) is 0 Å². The highest BCUT2D eigenvalue weighted by atomic mass is 35.5. The smallest absolute Gasteiger partial charge is 0.283 e. The summed E-state index contributed by atoms with van der Waals surface area (Å²) in [5.41, 5.74) is 0.988. The number of carbonyl (C=O) groups is 3. The van der Waals surface area contributed by atoms with Gasteiger partial charge in [-0.25, -0.2) is 4.90 Å². The Balaban J connectivity index is 1.56. The van der Waals surface area contributed by atoms with E-state index >= 15 is 0 Å². The van der Waals surface area contributed by atoms with Crippen LogP contribution in [-0.4, -0.2) is 17.7 Å². The van der Waals surface area contributed by atoms with Crippen LogP contribution in [0.3, 0.4) is 0 Å². The predicted octanol–water partition coefficient (Wildman–Crippen LogP) is 6.99. The molecule has 3 amide bonds. The highest BCUT2D eigenvalue weighted by Crippen LogP contribution is 2.35. The molecule has 0 atom stereocenters. The summed E-state index contributed by atoms with van der Waals surface area (Å²) in [4.78, 5) is 39.2. The Labute approximate surface area is 219 Å². The Morgan fingerprint density at radius 2 is 1.44 bits per heavy atom. The third kappa shape index (κ3) is 4.87. The first-order valence-electron chi connectivity index (χ1n) is 9.53. The number of rotatable bonds is 5. The van der Waals surface area contributed by atoms with Crippen LogP contribution in [0.25, 0.3) is 0 Å². The quantitative estimate of drug-likeness (QED) is 0.333. The van der Waals surface area contributed by atoms with Crippen LogP contribution in [0.2, 0.25) is 20.1 Å². The molecule has 1 heterocycles. The molecule has 3 aromatic rings. The van der Waals surface area contributed by atoms with Gasteiger partial charge in [-0.1, -0.05) is 64.1 Å². The summed E-state index contributed by atoms with van der Waals surface area (Å²) in [6.45, 7) is 0. The maximum atomic E-state index is 13.0. The van der Waals surface area contributed by atoms with E-state index in [1.54, 1.807) is 30.3 Å². The van der Waals surface area contributed by atoms with E-state index in [2.05, 4.69) is 10.6 Å². The van der Waals surface area contributed by atoms with Gasteiger partial charge in [-0.2, -0.15) is 0 Å². The maximum Gasteiger partial charge on any atom is 0.283 e. The zero-order chi connectivity index (χ0) is 24.6. The van der Waals surface area contributed by atoms with Gasteiger partial charge in [0.25, 0.3) is 17.7 Å². The number of hydrogen-bond donors (Lipinski definition) is 2. The lowest BCUT2D eigenvalue weighted by molar-refractivity contribution is -0.120. The summed E-state index contributed by atoms with van der Waals surface area (Å²) in [6, 6.07) is 15.3. The second-order valence-electron chi connectivity index (χ2n) is 7.01. The number of amides is 3. The van der Waals surface area contributed by atoms with Crippen molar-refractivity contribution in [3.63, 3.8) is 0 Å². The van der Waals surface area contributed by atoms with Crippen LogP contribution in [0.5, 0.6) is 0 Å². The lowest BCUT2D eigenvalue weighted by atomic mass is 10.1. The van der Waals surface area contributed by atoms with Crippen LogP contribution < -0.4 is 15.5 Å². The molecule has 0 aliphatic carbocycles. The van der Waals surface area contributed by atoms with Crippen LogP contribution in [0.15, 0.2) is 71.4 Å². The Morgan fingerprint density at radius 3 is 2.12 bits per heavy atom. The minimum atomic E-state index is -0.746. The number of nitrogens with one attached hydrogen (secondary N) is 2. The minimum absolute atomic E-state index is 0.111. The number of benzene rings is 3. The number of hydrogen-bond acceptors (Lipinski definition) is 4. The Morgan fingerprint density at radius 1 is 0.765 bits per heavy atom. The van der Waals surface area contributed by atoms with Gasteiger partial charge in [0, 0.05) is 21.3 Å². The molecule has 0 aromatic heterocycles. The fourth-order valence-corrected chi connectivity index (χ4v) is 4.32. The number of carbonyl (C=O) groups excluding carboxylic acids is 3. The van der Waals surface area contributed by atoms with Gasteiger partial charge in [0.15, 0.2) is 0 Å². The highest BCUT2D eigenvalue weighted by Gasteiger charge is 2.39. The first kappa shape index (κ1) is 24.4. The van der Waals surface area contributed by atoms with Crippen LogP contribution in [0.1, 0.15) is 10.4 Å². The van der Waals surface area contributed by atoms with Crippen molar-refractivity contribution in [3.05, 3.63) is 97.0 Å². The molecule has 0 spiro atoms. The van der Waals surface area contributed by atoms with E-state index in [0.29, 0.717) is 21.4 Å². The van der Waals surface area contributed by atoms with Crippen LogP contribution in [-0.2, 0) is 9.59 Å². The van der Waals surface area contributed by atoms with E-state index < -0.39 is 17.7 Å². The standard InChI is InChI=1S/C23H12Cl5N3O3/c24-12-4-6-17(15(26)9-12)30-21(32)11-2-1-3-14(8-11)29-20-19(28)22(33)31(23(20)34)18-7-5-13(25)10-16(18)27/h1-10,29H,(H,30,32). The number of imide groups is 1. The summed E-state index contributed by atoms with van der Waals surface area (Å²) in [5, 5.41) is 6.36. The van der Waals surface area contributed by atoms with Crippen LogP contribution >= 0.6 is 58.0 Å². The molecule has 11 heteroatoms. The van der Waals surface area contributed by atoms with Gasteiger partial charge in [-0.15, -0.1) is 0 Å². The van der Waals surface area contributed by atoms with E-state index in [0.717, 1.165) is 4.90 Å². The molecule has 6 nitrogen and oxygen atoms in total. The van der Waals surface area contributed by atoms with Gasteiger partial charge in [0.1, 0.15) is 10.7 Å². The summed E-state index contributed by atoms with van der Waals surface area (Å²) in [7, 11) is 0. The van der Waals surface area contributed by atoms with Crippen molar-refractivity contribution in [2.75, 3.05) is 15.5 Å². The molecular weight excluding hydrogens is 544 g/mol. The average Bonchev–Trinajstić information content (AvgIpc) is 2.99. The molecule has 34 heavy (non-hydrogen) atoms. The van der Waals surface area contributed by atoms with Crippen molar-refractivity contribution >= 4 is 92.8 Å². The third-order valence-corrected chi connectivity index (χ3v) is 6.19. The second-order valence-corrected chi connectivity index (χ2v) is 9.08. The van der Waals surface area contributed by atoms with E-state index in [4.69, 9.17) is 58.0 Å². The largest absolute Gasteiger partial charge is 0.350 e. The Kier molecular flexibility index (Phi) is 7.07. The molecule has 4 rings (SSSR count). The highest BCUT2D eigenvalue weighted by molar-refractivity contribution is 6.54. The topological polar surface area (TPSA) is 78.5 Å². The molecule has 0 radical (unpaired) electrons. The molecule has 1 aliphatic rings. The van der Waals surface area contributed by atoms with Gasteiger partial charge >= 0.3 is 0 Å². The van der Waals surface area contributed by atoms with Gasteiger partial charge < -0.3 is 10.6 Å². The van der Waals surface area contributed by atoms with Crippen molar-refractivity contribution in [1.82, 2.24) is 0 Å². The fraction of sp³-hybridized carbons (Fsp3) is 0. The second kappa shape index (κ2) is 9.86. The predicted molar refractivity (Wildman–Crippen MR) is 136 cm³/mol. The lowest BCUT2D eigenvalue weighted by Gasteiger charge is -2.17. The third-order valence-electron chi connectivity index (χ3n) is 4.75. The summed E-state index contributed by atoms with van der Waals surface area (Å²) in [5.74, 6) is -1.90. The van der Waals surface area contributed by atoms with Crippen molar-refractivity contribution in [1.29, 1.82) is 0 Å². The van der Waals surface area contributed by atoms with E-state index in [9.17, 15) is 14.4 Å². The van der Waals surface area contributed by atoms with E-state index in [1.165, 1.54) is 30.3 Å². The first-order chi connectivity index (χ1) is 16.2. The molecular formula is C23H12Cl5N3O3. The summed E-state index contributed by atoms with van der Waals surface area (Å²) < 4.78 is 0. The van der Waals surface area contributed by atoms with Crippen LogP contribution in [0.4, 0.5) is 17.1 Å². The van der Waals surface area contributed by atoms with Gasteiger partial charge in [-0.3, -0.25) is 14.4 Å². The molecule has 0 saturated carbocycles. The van der Waals surface area contributed by atoms with Gasteiger partial charge in [0.05, 0.1) is 21.4 Å². The normalized spacial score (nSPS) is 13.5. The van der Waals surface area contributed by atoms with Crippen LogP contribution in [0, 0.1) is 0 Å². The molecule has 0 saturated heterocycles. The zero-order valence-corrected chi connectivity index (χ0v) is 20.6. The maximum absolute atomic E-state index is 13.0. The molecule has 3 aromatic carbocycles. The monoisotopic (exact) mass is 553 g/mol. The Hall–Kier alpha value is -2.74. The molecule has 172 valence electrons. The number of nitrogens with zero attached hydrogens (tertiary/aromatic N) is 1. The number of halogens is 5. The lowest BCUT2D eigenvalue weighted by Crippen LogP contribution is -2.32. The van der Waals surface area contributed by atoms with E-state index in [1.807, 2.05) is 0 Å². The minimum Gasteiger partial charge on any atom is -0.350 e. The summed E-state index contributed by atoms with van der Waals surface area (Å²) >= 11 is 30.2. The van der Waals surface area contributed by atoms with Crippen molar-refractivity contribution in [2.24, 2.45) is 0 Å². The van der Waals surface area contributed by atoms with E-state index in [-0.39, 0.29) is 32.0 Å². The van der Waals surface area contributed by atoms with Gasteiger partial charge in [-0.05, 0) is 54.6 Å². The Bertz CT molecular complexity index is 1390. The molecule has 0 unspecified atom stereocenters. The molecule has 0 bridgehead atoms.